The Balaban J connectivity index is 1.69. The lowest BCUT2D eigenvalue weighted by Crippen LogP contribution is -2.42. The van der Waals surface area contributed by atoms with Gasteiger partial charge < -0.3 is 10.2 Å². The van der Waals surface area contributed by atoms with Crippen molar-refractivity contribution in [2.45, 2.75) is 44.9 Å². The third-order valence-electron chi connectivity index (χ3n) is 6.17. The number of nitrogens with one attached hydrogen (secondary N) is 1. The van der Waals surface area contributed by atoms with Crippen LogP contribution in [0.4, 0.5) is 5.69 Å². The minimum atomic E-state index is -3.93. The Kier molecular flexibility index (Phi) is 8.79. The molecule has 6 nitrogen and oxygen atoms in total. The van der Waals surface area contributed by atoms with Crippen LogP contribution in [-0.4, -0.2) is 51.9 Å². The molecule has 0 spiro atoms. The molecule has 0 unspecified atom stereocenters. The molecule has 1 aliphatic heterocycles. The van der Waals surface area contributed by atoms with E-state index < -0.39 is 10.0 Å². The summed E-state index contributed by atoms with van der Waals surface area (Å²) >= 11 is 6.08. The predicted octanol–water partition coefficient (Wildman–Crippen LogP) is 4.39. The van der Waals surface area contributed by atoms with Gasteiger partial charge in [-0.15, -0.1) is 0 Å². The summed E-state index contributed by atoms with van der Waals surface area (Å²) in [4.78, 5) is 15.4. The summed E-state index contributed by atoms with van der Waals surface area (Å²) in [5.41, 5.74) is 2.09. The molecule has 0 atom stereocenters. The highest BCUT2D eigenvalue weighted by Crippen LogP contribution is 2.29. The molecule has 0 saturated carbocycles. The SMILES string of the molecule is Cc1ccc(S(=O)(=O)N(CC(=O)NCCCN2CCC(C)CC2)c2ccc(Cl)cc2C)cc1. The highest BCUT2D eigenvalue weighted by atomic mass is 35.5. The number of carbonyl (C=O) groups is 1. The summed E-state index contributed by atoms with van der Waals surface area (Å²) in [5, 5.41) is 3.41. The van der Waals surface area contributed by atoms with Gasteiger partial charge in [0.25, 0.3) is 10.0 Å². The lowest BCUT2D eigenvalue weighted by Gasteiger charge is -2.30. The first-order valence-electron chi connectivity index (χ1n) is 11.5. The monoisotopic (exact) mass is 491 g/mol. The molecule has 8 heteroatoms. The smallest absolute Gasteiger partial charge is 0.264 e. The zero-order chi connectivity index (χ0) is 24.0. The first-order valence-corrected chi connectivity index (χ1v) is 13.3. The van der Waals surface area contributed by atoms with Gasteiger partial charge in [0.05, 0.1) is 10.6 Å². The summed E-state index contributed by atoms with van der Waals surface area (Å²) in [6.07, 6.45) is 3.28. The Morgan fingerprint density at radius 1 is 1.12 bits per heavy atom. The van der Waals surface area contributed by atoms with Crippen LogP contribution in [0.5, 0.6) is 0 Å². The van der Waals surface area contributed by atoms with Crippen LogP contribution in [-0.2, 0) is 14.8 Å². The van der Waals surface area contributed by atoms with Gasteiger partial charge in [0.2, 0.25) is 5.91 Å². The number of aryl methyl sites for hydroxylation is 2. The number of anilines is 1. The van der Waals surface area contributed by atoms with Gasteiger partial charge in [-0.2, -0.15) is 0 Å². The Morgan fingerprint density at radius 3 is 2.42 bits per heavy atom. The van der Waals surface area contributed by atoms with E-state index in [1.165, 1.54) is 17.1 Å². The molecule has 0 bridgehead atoms. The normalized spacial score (nSPS) is 15.4. The Hall–Kier alpha value is -2.09. The van der Waals surface area contributed by atoms with Gasteiger partial charge in [-0.25, -0.2) is 8.42 Å². The molecule has 1 saturated heterocycles. The molecule has 1 heterocycles. The molecular weight excluding hydrogens is 458 g/mol. The number of rotatable bonds is 9. The van der Waals surface area contributed by atoms with Crippen molar-refractivity contribution in [3.05, 3.63) is 58.6 Å². The fourth-order valence-electron chi connectivity index (χ4n) is 4.04. The van der Waals surface area contributed by atoms with Gasteiger partial charge >= 0.3 is 0 Å². The highest BCUT2D eigenvalue weighted by Gasteiger charge is 2.28. The first kappa shape index (κ1) is 25.5. The third-order valence-corrected chi connectivity index (χ3v) is 8.18. The van der Waals surface area contributed by atoms with Crippen molar-refractivity contribution in [2.24, 2.45) is 5.92 Å². The minimum absolute atomic E-state index is 0.148. The molecule has 33 heavy (non-hydrogen) atoms. The quantitative estimate of drug-likeness (QED) is 0.528. The van der Waals surface area contributed by atoms with Crippen LogP contribution in [0, 0.1) is 19.8 Å². The van der Waals surface area contributed by atoms with Crippen molar-refractivity contribution in [3.63, 3.8) is 0 Å². The highest BCUT2D eigenvalue weighted by molar-refractivity contribution is 7.92. The number of hydrogen-bond acceptors (Lipinski definition) is 4. The van der Waals surface area contributed by atoms with E-state index in [2.05, 4.69) is 17.1 Å². The largest absolute Gasteiger partial charge is 0.354 e. The first-order chi connectivity index (χ1) is 15.7. The Bertz CT molecular complexity index is 1050. The molecular formula is C25H34ClN3O3S. The number of halogens is 1. The molecule has 0 aliphatic carbocycles. The average Bonchev–Trinajstić information content (AvgIpc) is 2.77. The summed E-state index contributed by atoms with van der Waals surface area (Å²) in [5.74, 6) is 0.464. The third kappa shape index (κ3) is 6.95. The number of piperidine rings is 1. The predicted molar refractivity (Wildman–Crippen MR) is 134 cm³/mol. The molecule has 1 aliphatic rings. The van der Waals surface area contributed by atoms with Crippen molar-refractivity contribution < 1.29 is 13.2 Å². The number of hydrogen-bond donors (Lipinski definition) is 1. The number of sulfonamides is 1. The van der Waals surface area contributed by atoms with E-state index in [1.54, 1.807) is 49.4 Å². The van der Waals surface area contributed by atoms with Crippen molar-refractivity contribution >= 4 is 33.2 Å². The van der Waals surface area contributed by atoms with Gasteiger partial charge in [-0.3, -0.25) is 9.10 Å². The van der Waals surface area contributed by atoms with Crippen LogP contribution in [0.25, 0.3) is 0 Å². The van der Waals surface area contributed by atoms with Crippen LogP contribution in [0.15, 0.2) is 47.4 Å². The second-order valence-corrected chi connectivity index (χ2v) is 11.3. The maximum atomic E-state index is 13.5. The van der Waals surface area contributed by atoms with Crippen molar-refractivity contribution in [1.29, 1.82) is 0 Å². The van der Waals surface area contributed by atoms with Gasteiger partial charge in [-0.1, -0.05) is 36.2 Å². The number of amides is 1. The second-order valence-electron chi connectivity index (χ2n) is 8.98. The van der Waals surface area contributed by atoms with Gasteiger partial charge in [0, 0.05) is 11.6 Å². The molecule has 180 valence electrons. The molecule has 2 aromatic carbocycles. The Labute approximate surface area is 203 Å². The van der Waals surface area contributed by atoms with Crippen LogP contribution in [0.1, 0.15) is 37.3 Å². The summed E-state index contributed by atoms with van der Waals surface area (Å²) in [6, 6.07) is 11.6. The van der Waals surface area contributed by atoms with Crippen LogP contribution >= 0.6 is 11.6 Å². The molecule has 0 aromatic heterocycles. The van der Waals surface area contributed by atoms with Crippen LogP contribution < -0.4 is 9.62 Å². The van der Waals surface area contributed by atoms with Crippen LogP contribution in [0.3, 0.4) is 0 Å². The molecule has 3 rings (SSSR count). The number of nitrogens with zero attached hydrogens (tertiary/aromatic N) is 2. The fourth-order valence-corrected chi connectivity index (χ4v) is 5.75. The van der Waals surface area contributed by atoms with E-state index in [0.717, 1.165) is 37.5 Å². The van der Waals surface area contributed by atoms with E-state index in [1.807, 2.05) is 6.92 Å². The van der Waals surface area contributed by atoms with Crippen molar-refractivity contribution in [1.82, 2.24) is 10.2 Å². The minimum Gasteiger partial charge on any atom is -0.354 e. The van der Waals surface area contributed by atoms with E-state index in [-0.39, 0.29) is 17.3 Å². The van der Waals surface area contributed by atoms with E-state index in [9.17, 15) is 13.2 Å². The van der Waals surface area contributed by atoms with Crippen molar-refractivity contribution in [2.75, 3.05) is 37.0 Å². The van der Waals surface area contributed by atoms with E-state index in [4.69, 9.17) is 11.6 Å². The number of likely N-dealkylation sites (tertiary alicyclic amines) is 1. The summed E-state index contributed by atoms with van der Waals surface area (Å²) in [7, 11) is -3.93. The molecule has 1 fully saturated rings. The molecule has 0 radical (unpaired) electrons. The van der Waals surface area contributed by atoms with Gasteiger partial charge in [0.1, 0.15) is 6.54 Å². The molecule has 1 amide bonds. The maximum Gasteiger partial charge on any atom is 0.264 e. The zero-order valence-electron chi connectivity index (χ0n) is 19.7. The lowest BCUT2D eigenvalue weighted by molar-refractivity contribution is -0.119. The van der Waals surface area contributed by atoms with Crippen LogP contribution in [0.2, 0.25) is 5.02 Å². The molecule has 1 N–H and O–H groups in total. The zero-order valence-corrected chi connectivity index (χ0v) is 21.3. The van der Waals surface area contributed by atoms with Gasteiger partial charge in [-0.05, 0) is 94.6 Å². The summed E-state index contributed by atoms with van der Waals surface area (Å²) < 4.78 is 28.1. The van der Waals surface area contributed by atoms with E-state index >= 15 is 0 Å². The average molecular weight is 492 g/mol. The van der Waals surface area contributed by atoms with E-state index in [0.29, 0.717) is 22.8 Å². The fraction of sp³-hybridized carbons (Fsp3) is 0.480. The van der Waals surface area contributed by atoms with Gasteiger partial charge in [0.15, 0.2) is 0 Å². The summed E-state index contributed by atoms with van der Waals surface area (Å²) in [6.45, 7) is 9.35. The standard InChI is InChI=1S/C25H34ClN3O3S/c1-19-5-8-23(9-6-19)33(31,32)29(24-10-7-22(26)17-21(24)3)18-25(30)27-13-4-14-28-15-11-20(2)12-16-28/h5-10,17,20H,4,11-16,18H2,1-3H3,(H,27,30). The second kappa shape index (κ2) is 11.4. The number of carbonyl (C=O) groups excluding carboxylic acids is 1. The van der Waals surface area contributed by atoms with Crippen molar-refractivity contribution in [3.8, 4) is 0 Å². The lowest BCUT2D eigenvalue weighted by atomic mass is 9.99. The molecule has 2 aromatic rings. The Morgan fingerprint density at radius 2 is 1.79 bits per heavy atom. The maximum absolute atomic E-state index is 13.5. The number of benzene rings is 2. The topological polar surface area (TPSA) is 69.7 Å².